The number of amides is 2. The van der Waals surface area contributed by atoms with Crippen LogP contribution in [0.2, 0.25) is 0 Å². The summed E-state index contributed by atoms with van der Waals surface area (Å²) >= 11 is 0. The Hall–Kier alpha value is -1.43. The van der Waals surface area contributed by atoms with E-state index in [1.807, 2.05) is 0 Å². The quantitative estimate of drug-likeness (QED) is 0.606. The number of imide groups is 1. The molecule has 3 unspecified atom stereocenters. The second kappa shape index (κ2) is 3.53. The minimum absolute atomic E-state index is 0.0778. The van der Waals surface area contributed by atoms with Gasteiger partial charge in [-0.2, -0.15) is 0 Å². The second-order valence-corrected chi connectivity index (χ2v) is 4.96. The first-order valence-corrected chi connectivity index (χ1v) is 5.93. The molecule has 3 rings (SSSR count). The lowest BCUT2D eigenvalue weighted by Crippen LogP contribution is -2.50. The van der Waals surface area contributed by atoms with Gasteiger partial charge in [-0.05, 0) is 19.4 Å². The number of nitrogens with zero attached hydrogens (tertiary/aromatic N) is 1. The van der Waals surface area contributed by atoms with Crippen molar-refractivity contribution in [2.75, 3.05) is 13.1 Å². The van der Waals surface area contributed by atoms with Gasteiger partial charge in [-0.25, -0.2) is 0 Å². The third-order valence-corrected chi connectivity index (χ3v) is 3.99. The first-order chi connectivity index (χ1) is 8.13. The number of piperidine rings is 2. The molecule has 0 aromatic rings. The van der Waals surface area contributed by atoms with Crippen molar-refractivity contribution in [3.63, 3.8) is 0 Å². The van der Waals surface area contributed by atoms with Crippen molar-refractivity contribution in [1.82, 2.24) is 10.2 Å². The molecule has 3 atom stereocenters. The summed E-state index contributed by atoms with van der Waals surface area (Å²) in [5.74, 6) is -3.50. The predicted molar refractivity (Wildman–Crippen MR) is 55.9 cm³/mol. The Kier molecular flexibility index (Phi) is 2.22. The molecule has 2 saturated heterocycles. The van der Waals surface area contributed by atoms with E-state index in [1.165, 1.54) is 4.90 Å². The highest BCUT2D eigenvalue weighted by Gasteiger charge is 2.71. The van der Waals surface area contributed by atoms with Crippen LogP contribution in [0.4, 0.5) is 0 Å². The average molecular weight is 238 g/mol. The van der Waals surface area contributed by atoms with Crippen LogP contribution in [0.15, 0.2) is 0 Å². The van der Waals surface area contributed by atoms with Crippen LogP contribution in [-0.4, -0.2) is 46.9 Å². The lowest BCUT2D eigenvalue weighted by atomic mass is 10.1. The maximum absolute atomic E-state index is 12.0. The number of carboxylic acids is 1. The summed E-state index contributed by atoms with van der Waals surface area (Å²) in [4.78, 5) is 36.1. The molecule has 0 aromatic carbocycles. The lowest BCUT2D eigenvalue weighted by molar-refractivity contribution is -0.150. The van der Waals surface area contributed by atoms with Crippen LogP contribution in [0.25, 0.3) is 0 Å². The third-order valence-electron chi connectivity index (χ3n) is 3.99. The molecule has 3 aliphatic rings. The van der Waals surface area contributed by atoms with Gasteiger partial charge in [-0.15, -0.1) is 0 Å². The first kappa shape index (κ1) is 10.7. The van der Waals surface area contributed by atoms with Gasteiger partial charge < -0.3 is 10.4 Å². The molecular formula is C11H14N2O4. The molecule has 3 fully saturated rings. The van der Waals surface area contributed by atoms with Gasteiger partial charge in [0.1, 0.15) is 0 Å². The van der Waals surface area contributed by atoms with Crippen LogP contribution < -0.4 is 5.32 Å². The number of carboxylic acid groups (broad SMARTS) is 1. The van der Waals surface area contributed by atoms with E-state index in [-0.39, 0.29) is 17.9 Å². The van der Waals surface area contributed by atoms with E-state index in [2.05, 4.69) is 5.32 Å². The van der Waals surface area contributed by atoms with Gasteiger partial charge in [0, 0.05) is 6.54 Å². The van der Waals surface area contributed by atoms with E-state index in [9.17, 15) is 14.4 Å². The molecular weight excluding hydrogens is 224 g/mol. The number of hydrogen-bond donors (Lipinski definition) is 2. The van der Waals surface area contributed by atoms with E-state index in [4.69, 9.17) is 5.11 Å². The molecule has 2 amide bonds. The maximum Gasteiger partial charge on any atom is 0.308 e. The van der Waals surface area contributed by atoms with E-state index in [1.54, 1.807) is 0 Å². The number of fused-ring (bicyclic) bond motifs is 1. The molecule has 0 bridgehead atoms. The highest BCUT2D eigenvalue weighted by Crippen LogP contribution is 2.54. The Morgan fingerprint density at radius 1 is 1.29 bits per heavy atom. The number of carbonyl (C=O) groups is 3. The normalized spacial score (nSPS) is 40.4. The van der Waals surface area contributed by atoms with Gasteiger partial charge in [0.2, 0.25) is 11.8 Å². The fraction of sp³-hybridized carbons (Fsp3) is 0.727. The van der Waals surface area contributed by atoms with Gasteiger partial charge in [0.05, 0.1) is 23.8 Å². The number of rotatable bonds is 2. The Labute approximate surface area is 98.0 Å². The summed E-state index contributed by atoms with van der Waals surface area (Å²) in [5, 5.41) is 12.0. The van der Waals surface area contributed by atoms with Crippen LogP contribution in [0.5, 0.6) is 0 Å². The molecule has 0 radical (unpaired) electrons. The van der Waals surface area contributed by atoms with Crippen molar-refractivity contribution >= 4 is 17.8 Å². The maximum atomic E-state index is 12.0. The number of hydrogen-bond acceptors (Lipinski definition) is 4. The van der Waals surface area contributed by atoms with Gasteiger partial charge in [0.25, 0.3) is 0 Å². The Bertz CT molecular complexity index is 380. The molecule has 0 aromatic heterocycles. The average Bonchev–Trinajstić information content (AvgIpc) is 3.00. The minimum Gasteiger partial charge on any atom is -0.481 e. The summed E-state index contributed by atoms with van der Waals surface area (Å²) in [6.07, 6.45) is 1.76. The zero-order valence-corrected chi connectivity index (χ0v) is 9.26. The van der Waals surface area contributed by atoms with E-state index in [0.717, 1.165) is 19.4 Å². The zero-order valence-electron chi connectivity index (χ0n) is 9.26. The lowest BCUT2D eigenvalue weighted by Gasteiger charge is -2.31. The molecule has 2 heterocycles. The Balaban J connectivity index is 1.76. The molecule has 6 nitrogen and oxygen atoms in total. The first-order valence-electron chi connectivity index (χ1n) is 5.93. The summed E-state index contributed by atoms with van der Waals surface area (Å²) < 4.78 is 0. The van der Waals surface area contributed by atoms with Crippen LogP contribution in [0.1, 0.15) is 12.8 Å². The van der Waals surface area contributed by atoms with Crippen molar-refractivity contribution in [3.8, 4) is 0 Å². The van der Waals surface area contributed by atoms with E-state index in [0.29, 0.717) is 6.54 Å². The number of carbonyl (C=O) groups excluding carboxylic acids is 2. The molecule has 17 heavy (non-hydrogen) atoms. The largest absolute Gasteiger partial charge is 0.481 e. The second-order valence-electron chi connectivity index (χ2n) is 4.96. The monoisotopic (exact) mass is 238 g/mol. The van der Waals surface area contributed by atoms with Crippen molar-refractivity contribution in [2.24, 2.45) is 17.8 Å². The molecule has 0 spiro atoms. The van der Waals surface area contributed by atoms with Gasteiger partial charge >= 0.3 is 5.97 Å². The number of aliphatic carboxylic acids is 1. The molecule has 1 saturated carbocycles. The fourth-order valence-corrected chi connectivity index (χ4v) is 3.08. The highest BCUT2D eigenvalue weighted by atomic mass is 16.4. The van der Waals surface area contributed by atoms with Crippen molar-refractivity contribution in [2.45, 2.75) is 18.9 Å². The minimum atomic E-state index is -1.02. The molecule has 2 N–H and O–H groups in total. The SMILES string of the molecule is O=C(O)C1C2C(=O)N(C3CCCNC3)C(=O)C12. The number of nitrogens with one attached hydrogen (secondary N) is 1. The highest BCUT2D eigenvalue weighted by molar-refractivity contribution is 6.13. The van der Waals surface area contributed by atoms with E-state index < -0.39 is 23.7 Å². The molecule has 92 valence electrons. The summed E-state index contributed by atoms with van der Waals surface area (Å²) in [6, 6.07) is -0.0778. The standard InChI is InChI=1S/C11H14N2O4/c14-9-6-7(8(6)11(16)17)10(15)13(9)5-2-1-3-12-4-5/h5-8,12H,1-4H2,(H,16,17). The van der Waals surface area contributed by atoms with Crippen LogP contribution in [0.3, 0.4) is 0 Å². The topological polar surface area (TPSA) is 86.7 Å². The summed E-state index contributed by atoms with van der Waals surface area (Å²) in [5.41, 5.74) is 0. The van der Waals surface area contributed by atoms with Gasteiger partial charge in [0.15, 0.2) is 0 Å². The Morgan fingerprint density at radius 3 is 2.41 bits per heavy atom. The Morgan fingerprint density at radius 2 is 1.94 bits per heavy atom. The smallest absolute Gasteiger partial charge is 0.308 e. The van der Waals surface area contributed by atoms with Crippen LogP contribution >= 0.6 is 0 Å². The zero-order chi connectivity index (χ0) is 12.2. The predicted octanol–water partition coefficient (Wildman–Crippen LogP) is -0.946. The van der Waals surface area contributed by atoms with Crippen molar-refractivity contribution in [3.05, 3.63) is 0 Å². The van der Waals surface area contributed by atoms with Crippen molar-refractivity contribution in [1.29, 1.82) is 0 Å². The fourth-order valence-electron chi connectivity index (χ4n) is 3.08. The van der Waals surface area contributed by atoms with Crippen molar-refractivity contribution < 1.29 is 19.5 Å². The summed E-state index contributed by atoms with van der Waals surface area (Å²) in [6.45, 7) is 1.55. The molecule has 1 aliphatic carbocycles. The molecule has 6 heteroatoms. The number of likely N-dealkylation sites (tertiary alicyclic amines) is 1. The summed E-state index contributed by atoms with van der Waals surface area (Å²) in [7, 11) is 0. The van der Waals surface area contributed by atoms with Crippen LogP contribution in [-0.2, 0) is 14.4 Å². The van der Waals surface area contributed by atoms with Gasteiger partial charge in [-0.1, -0.05) is 0 Å². The van der Waals surface area contributed by atoms with Crippen LogP contribution in [0, 0.1) is 17.8 Å². The van der Waals surface area contributed by atoms with E-state index >= 15 is 0 Å². The third kappa shape index (κ3) is 1.40. The van der Waals surface area contributed by atoms with Gasteiger partial charge in [-0.3, -0.25) is 19.3 Å². The molecule has 2 aliphatic heterocycles.